The number of halogens is 7. The number of hydrogen-bond acceptors (Lipinski definition) is 3. The van der Waals surface area contributed by atoms with Gasteiger partial charge < -0.3 is 9.47 Å². The van der Waals surface area contributed by atoms with Crippen LogP contribution in [0.2, 0.25) is 5.02 Å². The molecule has 1 aliphatic carbocycles. The molecule has 2 aromatic carbocycles. The van der Waals surface area contributed by atoms with Crippen molar-refractivity contribution in [3.63, 3.8) is 0 Å². The average molecular weight is 509 g/mol. The molecule has 3 rings (SSSR count). The molecule has 0 heterocycles. The summed E-state index contributed by atoms with van der Waals surface area (Å²) < 4.78 is 91.5. The molecule has 0 aliphatic heterocycles. The summed E-state index contributed by atoms with van der Waals surface area (Å²) in [5.74, 6) is -3.24. The topological polar surface area (TPSA) is 35.5 Å². The Morgan fingerprint density at radius 3 is 2.24 bits per heavy atom. The first-order chi connectivity index (χ1) is 15.9. The Morgan fingerprint density at radius 1 is 1.09 bits per heavy atom. The lowest BCUT2D eigenvalue weighted by atomic mass is 9.80. The SMILES string of the molecule is CCOC(=O)C(c1cc(-c2ccccc2)c(OCC(F)(F)F)c(Cl)c1C(F)(F)F)C1CCCC1. The van der Waals surface area contributed by atoms with Gasteiger partial charge in [-0.1, -0.05) is 54.8 Å². The van der Waals surface area contributed by atoms with Gasteiger partial charge >= 0.3 is 18.3 Å². The van der Waals surface area contributed by atoms with Gasteiger partial charge in [0, 0.05) is 5.56 Å². The zero-order valence-corrected chi connectivity index (χ0v) is 19.0. The first kappa shape index (κ1) is 26.2. The summed E-state index contributed by atoms with van der Waals surface area (Å²) >= 11 is 6.15. The molecule has 3 nitrogen and oxygen atoms in total. The maximum Gasteiger partial charge on any atom is 0.422 e. The fraction of sp³-hybridized carbons (Fsp3) is 0.458. The van der Waals surface area contributed by atoms with Crippen molar-refractivity contribution in [3.05, 3.63) is 52.5 Å². The van der Waals surface area contributed by atoms with Crippen LogP contribution in [0.3, 0.4) is 0 Å². The highest BCUT2D eigenvalue weighted by molar-refractivity contribution is 6.33. The Labute approximate surface area is 198 Å². The number of carbonyl (C=O) groups is 1. The molecule has 0 aromatic heterocycles. The molecule has 186 valence electrons. The van der Waals surface area contributed by atoms with Crippen LogP contribution in [-0.4, -0.2) is 25.4 Å². The third-order valence-electron chi connectivity index (χ3n) is 5.75. The lowest BCUT2D eigenvalue weighted by molar-refractivity contribution is -0.153. The molecular weight excluding hydrogens is 486 g/mol. The van der Waals surface area contributed by atoms with Crippen molar-refractivity contribution < 1.29 is 40.6 Å². The van der Waals surface area contributed by atoms with Crippen molar-refractivity contribution in [2.75, 3.05) is 13.2 Å². The summed E-state index contributed by atoms with van der Waals surface area (Å²) in [5.41, 5.74) is -1.56. The number of alkyl halides is 6. The zero-order valence-electron chi connectivity index (χ0n) is 18.2. The maximum absolute atomic E-state index is 14.3. The van der Waals surface area contributed by atoms with Crippen LogP contribution in [0.4, 0.5) is 26.3 Å². The molecule has 0 spiro atoms. The lowest BCUT2D eigenvalue weighted by Crippen LogP contribution is -2.26. The second kappa shape index (κ2) is 10.5. The Hall–Kier alpha value is -2.42. The van der Waals surface area contributed by atoms with Gasteiger partial charge in [0.2, 0.25) is 0 Å². The molecule has 1 atom stereocenters. The van der Waals surface area contributed by atoms with Crippen LogP contribution in [0, 0.1) is 5.92 Å². The summed E-state index contributed by atoms with van der Waals surface area (Å²) in [7, 11) is 0. The summed E-state index contributed by atoms with van der Waals surface area (Å²) in [6, 6.07) is 8.90. The summed E-state index contributed by atoms with van der Waals surface area (Å²) in [5, 5.41) is -1.01. The second-order valence-corrected chi connectivity index (χ2v) is 8.45. The first-order valence-corrected chi connectivity index (χ1v) is 11.2. The minimum atomic E-state index is -5.05. The maximum atomic E-state index is 14.3. The number of benzene rings is 2. The minimum Gasteiger partial charge on any atom is -0.482 e. The molecule has 0 radical (unpaired) electrons. The molecule has 0 bridgehead atoms. The Bertz CT molecular complexity index is 998. The molecule has 0 amide bonds. The normalized spacial score (nSPS) is 15.9. The van der Waals surface area contributed by atoms with Crippen molar-refractivity contribution in [2.45, 2.75) is 50.9 Å². The van der Waals surface area contributed by atoms with Crippen LogP contribution >= 0.6 is 11.6 Å². The third-order valence-corrected chi connectivity index (χ3v) is 6.11. The van der Waals surface area contributed by atoms with Gasteiger partial charge in [0.25, 0.3) is 0 Å². The van der Waals surface area contributed by atoms with E-state index in [1.54, 1.807) is 25.1 Å². The van der Waals surface area contributed by atoms with E-state index in [4.69, 9.17) is 21.1 Å². The van der Waals surface area contributed by atoms with Gasteiger partial charge in [0.15, 0.2) is 6.61 Å². The van der Waals surface area contributed by atoms with E-state index in [-0.39, 0.29) is 12.2 Å². The molecule has 1 aliphatic rings. The standard InChI is InChI=1S/C24H23ClF6O3/c1-2-33-22(32)18(15-10-6-7-11-15)17-12-16(14-8-4-3-5-9-14)21(34-13-23(26,27)28)20(25)19(17)24(29,30)31/h3-5,8-9,12,15,18H,2,6-7,10-11,13H2,1H3. The van der Waals surface area contributed by atoms with E-state index in [9.17, 15) is 31.1 Å². The highest BCUT2D eigenvalue weighted by Crippen LogP contribution is 2.51. The van der Waals surface area contributed by atoms with E-state index in [2.05, 4.69) is 0 Å². The second-order valence-electron chi connectivity index (χ2n) is 8.07. The van der Waals surface area contributed by atoms with E-state index < -0.39 is 58.7 Å². The molecular formula is C24H23ClF6O3. The zero-order chi connectivity index (χ0) is 25.1. The van der Waals surface area contributed by atoms with Crippen molar-refractivity contribution in [3.8, 4) is 16.9 Å². The Morgan fingerprint density at radius 2 is 1.71 bits per heavy atom. The fourth-order valence-corrected chi connectivity index (χ4v) is 4.78. The number of rotatable bonds is 7. The number of ether oxygens (including phenoxy) is 2. The molecule has 0 N–H and O–H groups in total. The van der Waals surface area contributed by atoms with E-state index >= 15 is 0 Å². The van der Waals surface area contributed by atoms with E-state index in [1.165, 1.54) is 12.1 Å². The highest BCUT2D eigenvalue weighted by atomic mass is 35.5. The van der Waals surface area contributed by atoms with E-state index in [0.29, 0.717) is 18.4 Å². The molecule has 10 heteroatoms. The van der Waals surface area contributed by atoms with Gasteiger partial charge in [0.1, 0.15) is 5.75 Å². The molecule has 1 fully saturated rings. The van der Waals surface area contributed by atoms with Crippen LogP contribution in [0.15, 0.2) is 36.4 Å². The summed E-state index contributed by atoms with van der Waals surface area (Å²) in [6.45, 7) is -0.312. The number of carbonyl (C=O) groups excluding carboxylic acids is 1. The van der Waals surface area contributed by atoms with Crippen LogP contribution < -0.4 is 4.74 Å². The van der Waals surface area contributed by atoms with Gasteiger partial charge in [0.05, 0.1) is 23.1 Å². The number of esters is 1. The Kier molecular flexibility index (Phi) is 8.06. The highest BCUT2D eigenvalue weighted by Gasteiger charge is 2.45. The first-order valence-electron chi connectivity index (χ1n) is 10.8. The van der Waals surface area contributed by atoms with Crippen molar-refractivity contribution in [1.29, 1.82) is 0 Å². The van der Waals surface area contributed by atoms with E-state index in [1.807, 2.05) is 0 Å². The van der Waals surface area contributed by atoms with E-state index in [0.717, 1.165) is 18.9 Å². The van der Waals surface area contributed by atoms with Crippen LogP contribution in [0.1, 0.15) is 49.7 Å². The molecule has 0 saturated heterocycles. The number of hydrogen-bond donors (Lipinski definition) is 0. The predicted octanol–water partition coefficient (Wildman–Crippen LogP) is 7.80. The summed E-state index contributed by atoms with van der Waals surface area (Å²) in [6.07, 6.45) is -7.33. The molecule has 2 aromatic rings. The molecule has 1 unspecified atom stereocenters. The molecule has 1 saturated carbocycles. The largest absolute Gasteiger partial charge is 0.482 e. The minimum absolute atomic E-state index is 0.0323. The quantitative estimate of drug-likeness (QED) is 0.283. The van der Waals surface area contributed by atoms with Crippen molar-refractivity contribution >= 4 is 17.6 Å². The third kappa shape index (κ3) is 5.98. The van der Waals surface area contributed by atoms with Crippen molar-refractivity contribution in [2.24, 2.45) is 5.92 Å². The molecule has 34 heavy (non-hydrogen) atoms. The van der Waals surface area contributed by atoms with Gasteiger partial charge in [-0.2, -0.15) is 26.3 Å². The van der Waals surface area contributed by atoms with Crippen LogP contribution in [0.5, 0.6) is 5.75 Å². The fourth-order valence-electron chi connectivity index (χ4n) is 4.41. The Balaban J connectivity index is 2.31. The van der Waals surface area contributed by atoms with Crippen LogP contribution in [-0.2, 0) is 15.7 Å². The van der Waals surface area contributed by atoms with Gasteiger partial charge in [-0.15, -0.1) is 0 Å². The van der Waals surface area contributed by atoms with Crippen molar-refractivity contribution in [1.82, 2.24) is 0 Å². The van der Waals surface area contributed by atoms with Gasteiger partial charge in [-0.25, -0.2) is 0 Å². The lowest BCUT2D eigenvalue weighted by Gasteiger charge is -2.28. The smallest absolute Gasteiger partial charge is 0.422 e. The van der Waals surface area contributed by atoms with Crippen LogP contribution in [0.25, 0.3) is 11.1 Å². The average Bonchev–Trinajstić information content (AvgIpc) is 3.26. The van der Waals surface area contributed by atoms with Gasteiger partial charge in [-0.05, 0) is 42.9 Å². The monoisotopic (exact) mass is 508 g/mol. The predicted molar refractivity (Wildman–Crippen MR) is 115 cm³/mol. The summed E-state index contributed by atoms with van der Waals surface area (Å²) in [4.78, 5) is 12.9. The van der Waals surface area contributed by atoms with Gasteiger partial charge in [-0.3, -0.25) is 4.79 Å².